The molecule has 1 amide bonds. The second-order valence-corrected chi connectivity index (χ2v) is 6.53. The predicted molar refractivity (Wildman–Crippen MR) is 97.6 cm³/mol. The fourth-order valence-corrected chi connectivity index (χ4v) is 3.09. The number of rotatable bonds is 6. The van der Waals surface area contributed by atoms with Crippen LogP contribution in [-0.2, 0) is 11.2 Å². The quantitative estimate of drug-likeness (QED) is 0.597. The Hall–Kier alpha value is -2.64. The van der Waals surface area contributed by atoms with Gasteiger partial charge in [-0.1, -0.05) is 41.4 Å². The largest absolute Gasteiger partial charge is 0.481 e. The van der Waals surface area contributed by atoms with Crippen LogP contribution in [0.1, 0.15) is 22.3 Å². The van der Waals surface area contributed by atoms with Crippen LogP contribution in [0, 0.1) is 0 Å². The number of H-pyrrole nitrogens is 1. The van der Waals surface area contributed by atoms with Crippen molar-refractivity contribution in [1.82, 2.24) is 20.7 Å². The Morgan fingerprint density at radius 2 is 1.92 bits per heavy atom. The number of nitrogens with one attached hydrogen (secondary N) is 2. The molecule has 3 aromatic rings. The van der Waals surface area contributed by atoms with Gasteiger partial charge in [0, 0.05) is 16.6 Å². The van der Waals surface area contributed by atoms with E-state index >= 15 is 0 Å². The Labute approximate surface area is 158 Å². The van der Waals surface area contributed by atoms with Crippen LogP contribution in [0.15, 0.2) is 36.4 Å². The van der Waals surface area contributed by atoms with Crippen molar-refractivity contribution in [2.75, 3.05) is 0 Å². The van der Waals surface area contributed by atoms with Gasteiger partial charge in [-0.25, -0.2) is 0 Å². The van der Waals surface area contributed by atoms with Crippen molar-refractivity contribution in [2.24, 2.45) is 0 Å². The van der Waals surface area contributed by atoms with E-state index in [4.69, 9.17) is 28.3 Å². The summed E-state index contributed by atoms with van der Waals surface area (Å²) in [6, 6.07) is 9.47. The minimum atomic E-state index is -1.02. The number of aromatic amines is 1. The zero-order valence-corrected chi connectivity index (χ0v) is 14.9. The van der Waals surface area contributed by atoms with Crippen molar-refractivity contribution in [3.05, 3.63) is 57.6 Å². The summed E-state index contributed by atoms with van der Waals surface area (Å²) in [5.41, 5.74) is 1.93. The first kappa shape index (κ1) is 18.2. The molecule has 1 heterocycles. The summed E-state index contributed by atoms with van der Waals surface area (Å²) in [6.45, 7) is 0. The van der Waals surface area contributed by atoms with Crippen molar-refractivity contribution in [1.29, 1.82) is 0 Å². The van der Waals surface area contributed by atoms with Gasteiger partial charge in [0.2, 0.25) is 0 Å². The molecule has 134 valence electrons. The molecule has 0 aliphatic carbocycles. The Kier molecular flexibility index (Phi) is 5.39. The minimum absolute atomic E-state index is 0.239. The van der Waals surface area contributed by atoms with Crippen LogP contribution < -0.4 is 5.32 Å². The molecule has 3 N–H and O–H groups in total. The third-order valence-corrected chi connectivity index (χ3v) is 4.47. The highest BCUT2D eigenvalue weighted by Crippen LogP contribution is 2.22. The summed E-state index contributed by atoms with van der Waals surface area (Å²) in [7, 11) is 0. The summed E-state index contributed by atoms with van der Waals surface area (Å²) in [6.07, 6.45) is 0.0501. The molecule has 0 aliphatic heterocycles. The number of hydrogen-bond acceptors (Lipinski definition) is 4. The zero-order chi connectivity index (χ0) is 18.7. The number of carboxylic acid groups (broad SMARTS) is 1. The summed E-state index contributed by atoms with van der Waals surface area (Å²) in [5.74, 6) is -1.47. The number of hydrogen-bond donors (Lipinski definition) is 3. The van der Waals surface area contributed by atoms with Gasteiger partial charge >= 0.3 is 5.97 Å². The van der Waals surface area contributed by atoms with Crippen molar-refractivity contribution in [3.8, 4) is 0 Å². The van der Waals surface area contributed by atoms with Crippen molar-refractivity contribution in [3.63, 3.8) is 0 Å². The number of benzene rings is 2. The Balaban J connectivity index is 1.81. The number of halogens is 2. The van der Waals surface area contributed by atoms with Gasteiger partial charge in [-0.2, -0.15) is 15.4 Å². The summed E-state index contributed by atoms with van der Waals surface area (Å²) >= 11 is 12.2. The maximum atomic E-state index is 12.6. The Morgan fingerprint density at radius 1 is 1.15 bits per heavy atom. The van der Waals surface area contributed by atoms with Gasteiger partial charge in [0.15, 0.2) is 0 Å². The summed E-state index contributed by atoms with van der Waals surface area (Å²) in [4.78, 5) is 23.7. The molecule has 7 nitrogen and oxygen atoms in total. The van der Waals surface area contributed by atoms with Crippen LogP contribution in [0.25, 0.3) is 11.0 Å². The third kappa shape index (κ3) is 4.12. The third-order valence-electron chi connectivity index (χ3n) is 3.82. The van der Waals surface area contributed by atoms with Crippen LogP contribution in [0.2, 0.25) is 10.0 Å². The molecular weight excluding hydrogens is 379 g/mol. The standard InChI is InChI=1S/C17H14Cl2N4O3/c18-12-4-2-1-3-9(12)5-11(8-15(24)25)20-17(26)10-6-13(19)16-14(7-10)21-23-22-16/h1-4,6-7,11H,5,8H2,(H,20,26)(H,24,25)(H,21,22,23). The molecule has 1 unspecified atom stereocenters. The second-order valence-electron chi connectivity index (χ2n) is 5.71. The van der Waals surface area contributed by atoms with Crippen molar-refractivity contribution >= 4 is 46.1 Å². The highest BCUT2D eigenvalue weighted by molar-refractivity contribution is 6.35. The van der Waals surface area contributed by atoms with E-state index in [1.165, 1.54) is 12.1 Å². The topological polar surface area (TPSA) is 108 Å². The molecule has 26 heavy (non-hydrogen) atoms. The van der Waals surface area contributed by atoms with E-state index in [0.29, 0.717) is 16.1 Å². The number of aromatic nitrogens is 3. The summed E-state index contributed by atoms with van der Waals surface area (Å²) < 4.78 is 0. The first-order valence-electron chi connectivity index (χ1n) is 7.70. The monoisotopic (exact) mass is 392 g/mol. The zero-order valence-electron chi connectivity index (χ0n) is 13.4. The lowest BCUT2D eigenvalue weighted by Gasteiger charge is -2.18. The fraction of sp³-hybridized carbons (Fsp3) is 0.176. The molecular formula is C17H14Cl2N4O3. The molecule has 0 bridgehead atoms. The Morgan fingerprint density at radius 3 is 2.65 bits per heavy atom. The van der Waals surface area contributed by atoms with Crippen LogP contribution in [0.4, 0.5) is 0 Å². The first-order valence-corrected chi connectivity index (χ1v) is 8.45. The lowest BCUT2D eigenvalue weighted by molar-refractivity contribution is -0.137. The number of carbonyl (C=O) groups excluding carboxylic acids is 1. The molecule has 0 aliphatic rings. The maximum Gasteiger partial charge on any atom is 0.305 e. The van der Waals surface area contributed by atoms with Gasteiger partial charge < -0.3 is 10.4 Å². The van der Waals surface area contributed by atoms with Crippen LogP contribution in [0.3, 0.4) is 0 Å². The lowest BCUT2D eigenvalue weighted by atomic mass is 10.0. The predicted octanol–water partition coefficient (Wildman–Crippen LogP) is 3.08. The van der Waals surface area contributed by atoms with Crippen molar-refractivity contribution < 1.29 is 14.7 Å². The molecule has 1 aromatic heterocycles. The van der Waals surface area contributed by atoms with E-state index in [-0.39, 0.29) is 23.4 Å². The van der Waals surface area contributed by atoms with Gasteiger partial charge in [-0.05, 0) is 30.2 Å². The fourth-order valence-electron chi connectivity index (χ4n) is 2.62. The highest BCUT2D eigenvalue weighted by Gasteiger charge is 2.20. The van der Waals surface area contributed by atoms with E-state index in [0.717, 1.165) is 5.56 Å². The number of fused-ring (bicyclic) bond motifs is 1. The normalized spacial score (nSPS) is 12.1. The van der Waals surface area contributed by atoms with E-state index in [1.807, 2.05) is 0 Å². The van der Waals surface area contributed by atoms with E-state index in [9.17, 15) is 9.59 Å². The molecule has 0 radical (unpaired) electrons. The van der Waals surface area contributed by atoms with Gasteiger partial charge in [0.1, 0.15) is 11.0 Å². The smallest absolute Gasteiger partial charge is 0.305 e. The van der Waals surface area contributed by atoms with Crippen LogP contribution in [-0.4, -0.2) is 38.4 Å². The average Bonchev–Trinajstić information content (AvgIpc) is 3.05. The maximum absolute atomic E-state index is 12.6. The van der Waals surface area contributed by atoms with Crippen molar-refractivity contribution in [2.45, 2.75) is 18.9 Å². The first-order chi connectivity index (χ1) is 12.4. The molecule has 2 aromatic carbocycles. The van der Waals surface area contributed by atoms with Crippen LogP contribution >= 0.6 is 23.2 Å². The molecule has 0 saturated carbocycles. The molecule has 3 rings (SSSR count). The number of carboxylic acids is 1. The number of aliphatic carboxylic acids is 1. The van der Waals surface area contributed by atoms with E-state index in [1.54, 1.807) is 24.3 Å². The number of nitrogens with zero attached hydrogens (tertiary/aromatic N) is 2. The van der Waals surface area contributed by atoms with E-state index < -0.39 is 17.9 Å². The van der Waals surface area contributed by atoms with Gasteiger partial charge in [0.25, 0.3) is 5.91 Å². The Bertz CT molecular complexity index is 974. The SMILES string of the molecule is O=C(O)CC(Cc1ccccc1Cl)NC(=O)c1cc(Cl)c2n[nH]nc2c1. The molecule has 0 fully saturated rings. The average molecular weight is 393 g/mol. The number of amides is 1. The highest BCUT2D eigenvalue weighted by atomic mass is 35.5. The molecule has 0 saturated heterocycles. The molecule has 9 heteroatoms. The van der Waals surface area contributed by atoms with Gasteiger partial charge in [-0.3, -0.25) is 9.59 Å². The number of carbonyl (C=O) groups is 2. The van der Waals surface area contributed by atoms with Gasteiger partial charge in [0.05, 0.1) is 11.4 Å². The molecule has 1 atom stereocenters. The second kappa shape index (κ2) is 7.72. The van der Waals surface area contributed by atoms with E-state index in [2.05, 4.69) is 20.7 Å². The van der Waals surface area contributed by atoms with Crippen LogP contribution in [0.5, 0.6) is 0 Å². The minimum Gasteiger partial charge on any atom is -0.481 e. The summed E-state index contributed by atoms with van der Waals surface area (Å²) in [5, 5.41) is 22.9. The lowest BCUT2D eigenvalue weighted by Crippen LogP contribution is -2.38. The molecule has 0 spiro atoms. The van der Waals surface area contributed by atoms with Gasteiger partial charge in [-0.15, -0.1) is 0 Å².